The Morgan fingerprint density at radius 3 is 2.57 bits per heavy atom. The molecule has 14 heavy (non-hydrogen) atoms. The van der Waals surface area contributed by atoms with Crippen LogP contribution in [0.2, 0.25) is 0 Å². The van der Waals surface area contributed by atoms with Crippen molar-refractivity contribution >= 4 is 0 Å². The highest BCUT2D eigenvalue weighted by Crippen LogP contribution is 2.13. The molecule has 1 saturated heterocycles. The van der Waals surface area contributed by atoms with E-state index < -0.39 is 0 Å². The molecule has 0 bridgehead atoms. The number of likely N-dealkylation sites (tertiary alicyclic amines) is 1. The van der Waals surface area contributed by atoms with Gasteiger partial charge in [0.15, 0.2) is 0 Å². The highest BCUT2D eigenvalue weighted by molar-refractivity contribution is 4.88. The summed E-state index contributed by atoms with van der Waals surface area (Å²) < 4.78 is 5.34. The van der Waals surface area contributed by atoms with E-state index in [1.807, 2.05) is 7.11 Å². The van der Waals surface area contributed by atoms with Gasteiger partial charge in [-0.1, -0.05) is 26.3 Å². The molecule has 1 heterocycles. The lowest BCUT2D eigenvalue weighted by Gasteiger charge is -2.30. The van der Waals surface area contributed by atoms with Gasteiger partial charge in [-0.25, -0.2) is 0 Å². The van der Waals surface area contributed by atoms with Crippen LogP contribution < -0.4 is 0 Å². The molecule has 0 saturated carbocycles. The molecule has 0 N–H and O–H groups in total. The molecule has 0 aliphatic carbocycles. The second-order valence-electron chi connectivity index (χ2n) is 4.20. The lowest BCUT2D eigenvalue weighted by Crippen LogP contribution is -2.33. The zero-order valence-corrected chi connectivity index (χ0v) is 9.70. The molecular formula is C12H23NO. The molecule has 0 radical (unpaired) electrons. The average Bonchev–Trinajstić information content (AvgIpc) is 2.26. The number of ether oxygens (including phenoxy) is 1. The topological polar surface area (TPSA) is 12.5 Å². The summed E-state index contributed by atoms with van der Waals surface area (Å²) in [7, 11) is 1.81. The maximum Gasteiger partial charge on any atom is 0.0605 e. The minimum absolute atomic E-state index is 0.489. The van der Waals surface area contributed by atoms with Crippen LogP contribution in [0.15, 0.2) is 12.3 Å². The highest BCUT2D eigenvalue weighted by Gasteiger charge is 2.15. The normalized spacial score (nSPS) is 21.8. The van der Waals surface area contributed by atoms with E-state index >= 15 is 0 Å². The van der Waals surface area contributed by atoms with Crippen LogP contribution in [0.4, 0.5) is 0 Å². The van der Waals surface area contributed by atoms with E-state index in [0.29, 0.717) is 12.0 Å². The van der Waals surface area contributed by atoms with Crippen molar-refractivity contribution in [3.8, 4) is 0 Å². The van der Waals surface area contributed by atoms with Crippen molar-refractivity contribution in [2.24, 2.45) is 5.92 Å². The van der Waals surface area contributed by atoms with Crippen molar-refractivity contribution in [3.63, 3.8) is 0 Å². The largest absolute Gasteiger partial charge is 0.381 e. The summed E-state index contributed by atoms with van der Waals surface area (Å²) in [5, 5.41) is 0. The van der Waals surface area contributed by atoms with Crippen molar-refractivity contribution in [1.29, 1.82) is 0 Å². The molecule has 0 aromatic carbocycles. The first-order valence-electron chi connectivity index (χ1n) is 5.71. The molecule has 1 aliphatic heterocycles. The van der Waals surface area contributed by atoms with E-state index in [2.05, 4.69) is 31.0 Å². The number of rotatable bonds is 4. The van der Waals surface area contributed by atoms with Gasteiger partial charge in [0, 0.05) is 20.2 Å². The minimum Gasteiger partial charge on any atom is -0.381 e. The zero-order chi connectivity index (χ0) is 10.4. The van der Waals surface area contributed by atoms with Gasteiger partial charge in [0.05, 0.1) is 6.10 Å². The van der Waals surface area contributed by atoms with Crippen molar-refractivity contribution in [3.05, 3.63) is 12.3 Å². The molecule has 0 amide bonds. The molecule has 2 heteroatoms. The fourth-order valence-corrected chi connectivity index (χ4v) is 1.67. The monoisotopic (exact) mass is 197 g/mol. The minimum atomic E-state index is 0.489. The summed E-state index contributed by atoms with van der Waals surface area (Å²) in [6.45, 7) is 6.78. The molecule has 1 atom stereocenters. The fraction of sp³-hybridized carbons (Fsp3) is 0.833. The number of allylic oxidation sites excluding steroid dienone is 1. The maximum atomic E-state index is 5.34. The van der Waals surface area contributed by atoms with E-state index in [-0.39, 0.29) is 0 Å². The van der Waals surface area contributed by atoms with Crippen molar-refractivity contribution < 1.29 is 4.74 Å². The zero-order valence-electron chi connectivity index (χ0n) is 9.70. The fourth-order valence-electron chi connectivity index (χ4n) is 1.67. The van der Waals surface area contributed by atoms with E-state index in [4.69, 9.17) is 4.74 Å². The number of piperidine rings is 1. The molecule has 82 valence electrons. The Labute approximate surface area is 87.9 Å². The summed E-state index contributed by atoms with van der Waals surface area (Å²) >= 11 is 0. The van der Waals surface area contributed by atoms with E-state index in [9.17, 15) is 0 Å². The quantitative estimate of drug-likeness (QED) is 0.687. The Balaban J connectivity index is 2.25. The molecular weight excluding hydrogens is 174 g/mol. The molecule has 1 aliphatic rings. The van der Waals surface area contributed by atoms with E-state index in [1.54, 1.807) is 0 Å². The second-order valence-corrected chi connectivity index (χ2v) is 4.20. The average molecular weight is 197 g/mol. The van der Waals surface area contributed by atoms with Crippen LogP contribution in [0.1, 0.15) is 33.1 Å². The number of nitrogens with zero attached hydrogens (tertiary/aromatic N) is 1. The first-order valence-corrected chi connectivity index (χ1v) is 5.71. The van der Waals surface area contributed by atoms with Gasteiger partial charge in [0.2, 0.25) is 0 Å². The van der Waals surface area contributed by atoms with Crippen molar-refractivity contribution in [2.75, 3.05) is 20.2 Å². The Hall–Kier alpha value is -0.500. The molecule has 0 spiro atoms. The highest BCUT2D eigenvalue weighted by atomic mass is 16.5. The predicted octanol–water partition coefficient (Wildman–Crippen LogP) is 2.66. The van der Waals surface area contributed by atoms with E-state index in [0.717, 1.165) is 13.1 Å². The number of hydrogen-bond acceptors (Lipinski definition) is 2. The van der Waals surface area contributed by atoms with Gasteiger partial charge in [-0.2, -0.15) is 0 Å². The van der Waals surface area contributed by atoms with Crippen LogP contribution in [0.25, 0.3) is 0 Å². The Morgan fingerprint density at radius 1 is 1.43 bits per heavy atom. The Kier molecular flexibility index (Phi) is 5.02. The Bertz CT molecular complexity index is 171. The summed E-state index contributed by atoms with van der Waals surface area (Å²) in [4.78, 5) is 2.40. The third kappa shape index (κ3) is 3.70. The van der Waals surface area contributed by atoms with Gasteiger partial charge in [-0.05, 0) is 25.0 Å². The summed E-state index contributed by atoms with van der Waals surface area (Å²) in [6, 6.07) is 0. The lowest BCUT2D eigenvalue weighted by atomic mass is 10.1. The second kappa shape index (κ2) is 6.07. The smallest absolute Gasteiger partial charge is 0.0605 e. The van der Waals surface area contributed by atoms with E-state index in [1.165, 1.54) is 19.3 Å². The third-order valence-corrected chi connectivity index (χ3v) is 3.08. The standard InChI is InChI=1S/C12H23NO/c1-4-11(2)5-8-13-9-6-12(14-3)7-10-13/h5,8,11-12H,4,6-7,9-10H2,1-3H3/b8-5+. The van der Waals surface area contributed by atoms with Gasteiger partial charge < -0.3 is 9.64 Å². The van der Waals surface area contributed by atoms with Gasteiger partial charge in [0.1, 0.15) is 0 Å². The molecule has 2 nitrogen and oxygen atoms in total. The third-order valence-electron chi connectivity index (χ3n) is 3.08. The maximum absolute atomic E-state index is 5.34. The van der Waals surface area contributed by atoms with Crippen molar-refractivity contribution in [2.45, 2.75) is 39.2 Å². The van der Waals surface area contributed by atoms with Crippen LogP contribution in [0.5, 0.6) is 0 Å². The van der Waals surface area contributed by atoms with Gasteiger partial charge in [-0.15, -0.1) is 0 Å². The van der Waals surface area contributed by atoms with Crippen LogP contribution in [0, 0.1) is 5.92 Å². The molecule has 0 aromatic heterocycles. The summed E-state index contributed by atoms with van der Waals surface area (Å²) in [5.41, 5.74) is 0. The summed E-state index contributed by atoms with van der Waals surface area (Å²) in [5.74, 6) is 0.704. The van der Waals surface area contributed by atoms with Gasteiger partial charge in [0.25, 0.3) is 0 Å². The van der Waals surface area contributed by atoms with Gasteiger partial charge in [-0.3, -0.25) is 0 Å². The van der Waals surface area contributed by atoms with Crippen LogP contribution >= 0.6 is 0 Å². The number of methoxy groups -OCH3 is 1. The SMILES string of the molecule is CCC(C)/C=C/N1CCC(OC)CC1. The van der Waals surface area contributed by atoms with Gasteiger partial charge >= 0.3 is 0 Å². The predicted molar refractivity (Wildman–Crippen MR) is 60.2 cm³/mol. The number of hydrogen-bond donors (Lipinski definition) is 0. The van der Waals surface area contributed by atoms with Crippen LogP contribution in [0.3, 0.4) is 0 Å². The van der Waals surface area contributed by atoms with Crippen LogP contribution in [-0.4, -0.2) is 31.2 Å². The van der Waals surface area contributed by atoms with Crippen molar-refractivity contribution in [1.82, 2.24) is 4.90 Å². The molecule has 0 aromatic rings. The molecule has 1 fully saturated rings. The lowest BCUT2D eigenvalue weighted by molar-refractivity contribution is 0.0532. The van der Waals surface area contributed by atoms with Crippen LogP contribution in [-0.2, 0) is 4.74 Å². The Morgan fingerprint density at radius 2 is 2.07 bits per heavy atom. The summed E-state index contributed by atoms with van der Waals surface area (Å²) in [6.07, 6.45) is 8.63. The molecule has 1 rings (SSSR count). The first-order chi connectivity index (χ1) is 6.76. The molecule has 1 unspecified atom stereocenters. The first kappa shape index (κ1) is 11.6.